The predicted octanol–water partition coefficient (Wildman–Crippen LogP) is 2.20. The normalized spacial score (nSPS) is 23.0. The van der Waals surface area contributed by atoms with Gasteiger partial charge in [-0.25, -0.2) is 4.79 Å². The first-order valence-electron chi connectivity index (χ1n) is 11.5. The third kappa shape index (κ3) is 6.36. The number of rotatable bonds is 5. The second-order valence-corrected chi connectivity index (χ2v) is 9.16. The largest absolute Gasteiger partial charge is 0.490 e. The number of aryl methyl sites for hydroxylation is 2. The van der Waals surface area contributed by atoms with Gasteiger partial charge in [0.15, 0.2) is 0 Å². The molecule has 0 aliphatic carbocycles. The van der Waals surface area contributed by atoms with Crippen LogP contribution in [0.3, 0.4) is 0 Å². The van der Waals surface area contributed by atoms with Gasteiger partial charge in [0, 0.05) is 45.7 Å². The van der Waals surface area contributed by atoms with Gasteiger partial charge >= 0.3 is 6.09 Å². The lowest BCUT2D eigenvalue weighted by Crippen LogP contribution is -2.55. The average Bonchev–Trinajstić information content (AvgIpc) is 2.92. The fraction of sp³-hybridized carbons (Fsp3) is 0.667. The summed E-state index contributed by atoms with van der Waals surface area (Å²) in [5.41, 5.74) is 1.03. The Morgan fingerprint density at radius 2 is 1.69 bits per heavy atom. The molecule has 0 radical (unpaired) electrons. The van der Waals surface area contributed by atoms with Gasteiger partial charge in [-0.2, -0.15) is 0 Å². The van der Waals surface area contributed by atoms with Crippen molar-refractivity contribution in [1.29, 1.82) is 0 Å². The van der Waals surface area contributed by atoms with Crippen LogP contribution in [0.1, 0.15) is 37.8 Å². The molecule has 2 fully saturated rings. The van der Waals surface area contributed by atoms with Crippen molar-refractivity contribution in [2.24, 2.45) is 0 Å². The molecule has 1 N–H and O–H groups in total. The lowest BCUT2D eigenvalue weighted by Gasteiger charge is -2.40. The third-order valence-corrected chi connectivity index (χ3v) is 6.29. The number of nitrogens with zero attached hydrogens (tertiary/aromatic N) is 3. The Hall–Kier alpha value is -2.32. The highest BCUT2D eigenvalue weighted by Crippen LogP contribution is 2.24. The Morgan fingerprint density at radius 1 is 1.03 bits per heavy atom. The van der Waals surface area contributed by atoms with Crippen LogP contribution in [0.25, 0.3) is 0 Å². The van der Waals surface area contributed by atoms with Gasteiger partial charge in [-0.15, -0.1) is 0 Å². The van der Waals surface area contributed by atoms with Crippen LogP contribution in [0.4, 0.5) is 4.79 Å². The Bertz CT molecular complexity index is 789. The summed E-state index contributed by atoms with van der Waals surface area (Å²) in [4.78, 5) is 29.9. The van der Waals surface area contributed by atoms with Crippen LogP contribution in [-0.2, 0) is 9.53 Å². The summed E-state index contributed by atoms with van der Waals surface area (Å²) in [7, 11) is 0. The van der Waals surface area contributed by atoms with Crippen LogP contribution in [0.15, 0.2) is 18.2 Å². The minimum Gasteiger partial charge on any atom is -0.490 e. The van der Waals surface area contributed by atoms with Crippen LogP contribution in [0.5, 0.6) is 5.75 Å². The van der Waals surface area contributed by atoms with E-state index in [0.29, 0.717) is 39.3 Å². The Morgan fingerprint density at radius 3 is 2.28 bits per heavy atom. The van der Waals surface area contributed by atoms with Gasteiger partial charge in [-0.1, -0.05) is 6.07 Å². The molecule has 32 heavy (non-hydrogen) atoms. The zero-order valence-corrected chi connectivity index (χ0v) is 19.8. The average molecular weight is 448 g/mol. The molecule has 0 unspecified atom stereocenters. The zero-order chi connectivity index (χ0) is 23.3. The topological polar surface area (TPSA) is 82.6 Å². The second-order valence-electron chi connectivity index (χ2n) is 9.16. The fourth-order valence-electron chi connectivity index (χ4n) is 4.72. The van der Waals surface area contributed by atoms with Gasteiger partial charge in [-0.05, 0) is 56.9 Å². The van der Waals surface area contributed by atoms with Gasteiger partial charge in [0.25, 0.3) is 0 Å². The van der Waals surface area contributed by atoms with Gasteiger partial charge in [0.1, 0.15) is 18.0 Å². The van der Waals surface area contributed by atoms with Crippen LogP contribution < -0.4 is 4.74 Å². The summed E-state index contributed by atoms with van der Waals surface area (Å²) < 4.78 is 11.1. The first-order valence-corrected chi connectivity index (χ1v) is 11.5. The highest BCUT2D eigenvalue weighted by Gasteiger charge is 2.39. The van der Waals surface area contributed by atoms with Crippen LogP contribution >= 0.6 is 0 Å². The Balaban J connectivity index is 1.68. The molecule has 0 saturated carbocycles. The van der Waals surface area contributed by atoms with E-state index in [1.165, 1.54) is 0 Å². The van der Waals surface area contributed by atoms with E-state index in [-0.39, 0.29) is 31.2 Å². The number of β-amino-alcohol motifs (C(OH)–C–C–N with tert-alkyl or cyclic N) is 1. The molecule has 2 aliphatic heterocycles. The number of piperidine rings is 1. The van der Waals surface area contributed by atoms with Gasteiger partial charge in [0.2, 0.25) is 5.91 Å². The maximum atomic E-state index is 12.2. The molecule has 1 atom stereocenters. The summed E-state index contributed by atoms with van der Waals surface area (Å²) >= 11 is 0. The van der Waals surface area contributed by atoms with E-state index in [4.69, 9.17) is 9.47 Å². The molecule has 2 amide bonds. The molecule has 1 aromatic carbocycles. The van der Waals surface area contributed by atoms with E-state index < -0.39 is 5.60 Å². The molecule has 0 spiro atoms. The zero-order valence-electron chi connectivity index (χ0n) is 19.8. The van der Waals surface area contributed by atoms with Crippen molar-refractivity contribution in [3.63, 3.8) is 0 Å². The maximum Gasteiger partial charge on any atom is 0.409 e. The lowest BCUT2D eigenvalue weighted by molar-refractivity contribution is -0.132. The number of benzene rings is 1. The molecule has 178 valence electrons. The van der Waals surface area contributed by atoms with Crippen molar-refractivity contribution >= 4 is 12.0 Å². The predicted molar refractivity (Wildman–Crippen MR) is 122 cm³/mol. The number of ether oxygens (including phenoxy) is 2. The van der Waals surface area contributed by atoms with E-state index in [1.54, 1.807) is 16.7 Å². The highest BCUT2D eigenvalue weighted by molar-refractivity contribution is 5.73. The number of aliphatic hydroxyl groups is 1. The van der Waals surface area contributed by atoms with Crippen molar-refractivity contribution in [3.8, 4) is 5.75 Å². The quantitative estimate of drug-likeness (QED) is 0.745. The van der Waals surface area contributed by atoms with E-state index >= 15 is 0 Å². The Labute approximate surface area is 191 Å². The minimum atomic E-state index is -1.18. The molecule has 0 bridgehead atoms. The number of hydrogen-bond acceptors (Lipinski definition) is 6. The molecule has 2 aliphatic rings. The second kappa shape index (κ2) is 10.5. The van der Waals surface area contributed by atoms with E-state index in [0.717, 1.165) is 29.7 Å². The summed E-state index contributed by atoms with van der Waals surface area (Å²) in [5.74, 6) is 0.678. The number of carbonyl (C=O) groups is 2. The molecular weight excluding hydrogens is 410 g/mol. The molecule has 8 nitrogen and oxygen atoms in total. The summed E-state index contributed by atoms with van der Waals surface area (Å²) in [6, 6.07) is 6.23. The summed E-state index contributed by atoms with van der Waals surface area (Å²) in [5, 5.41) is 11.5. The monoisotopic (exact) mass is 447 g/mol. The molecule has 0 aromatic heterocycles. The molecule has 3 rings (SSSR count). The highest BCUT2D eigenvalue weighted by atomic mass is 16.6. The summed E-state index contributed by atoms with van der Waals surface area (Å²) in [6.45, 7) is 11.1. The van der Waals surface area contributed by atoms with Crippen molar-refractivity contribution in [2.75, 3.05) is 52.5 Å². The maximum absolute atomic E-state index is 12.2. The van der Waals surface area contributed by atoms with E-state index in [9.17, 15) is 14.7 Å². The molecular formula is C24H37N3O5. The smallest absolute Gasteiger partial charge is 0.409 e. The van der Waals surface area contributed by atoms with Gasteiger partial charge in [-0.3, -0.25) is 9.69 Å². The molecule has 2 heterocycles. The summed E-state index contributed by atoms with van der Waals surface area (Å²) in [6.07, 6.45) is 1.36. The van der Waals surface area contributed by atoms with Crippen molar-refractivity contribution in [3.05, 3.63) is 29.3 Å². The van der Waals surface area contributed by atoms with Crippen LogP contribution in [-0.4, -0.2) is 95.9 Å². The van der Waals surface area contributed by atoms with Gasteiger partial charge in [0.05, 0.1) is 13.2 Å². The molecule has 2 saturated heterocycles. The standard InChI is InChI=1S/C24H37N3O5/c1-5-31-23(29)25-8-6-21(7-9-25)27-11-10-26(20(4)28)15-24(30,16-27)17-32-22-13-18(2)12-19(3)14-22/h12-14,21,30H,5-11,15-17H2,1-4H3/t24-/m1/s1. The SMILES string of the molecule is CCOC(=O)N1CCC(N2CCN(C(C)=O)C[C@](O)(COc3cc(C)cc(C)c3)C2)CC1. The van der Waals surface area contributed by atoms with E-state index in [2.05, 4.69) is 11.0 Å². The lowest BCUT2D eigenvalue weighted by atomic mass is 9.99. The fourth-order valence-corrected chi connectivity index (χ4v) is 4.72. The van der Waals surface area contributed by atoms with Crippen molar-refractivity contribution in [1.82, 2.24) is 14.7 Å². The van der Waals surface area contributed by atoms with Crippen molar-refractivity contribution < 1.29 is 24.2 Å². The number of likely N-dealkylation sites (tertiary alicyclic amines) is 1. The number of carbonyl (C=O) groups excluding carboxylic acids is 2. The van der Waals surface area contributed by atoms with Crippen molar-refractivity contribution in [2.45, 2.75) is 52.2 Å². The molecule has 8 heteroatoms. The number of hydrogen-bond donors (Lipinski definition) is 1. The first-order chi connectivity index (χ1) is 15.2. The Kier molecular flexibility index (Phi) is 8.00. The minimum absolute atomic E-state index is 0.0474. The van der Waals surface area contributed by atoms with Crippen LogP contribution in [0.2, 0.25) is 0 Å². The molecule has 1 aromatic rings. The van der Waals surface area contributed by atoms with E-state index in [1.807, 2.05) is 32.9 Å². The number of amides is 2. The van der Waals surface area contributed by atoms with Crippen LogP contribution in [0, 0.1) is 13.8 Å². The first kappa shape index (κ1) is 24.3. The van der Waals surface area contributed by atoms with Gasteiger partial charge < -0.3 is 24.4 Å². The third-order valence-electron chi connectivity index (χ3n) is 6.29.